The van der Waals surface area contributed by atoms with Gasteiger partial charge in [-0.3, -0.25) is 32.0 Å². The number of hydrogen-bond acceptors (Lipinski definition) is 25. The summed E-state index contributed by atoms with van der Waals surface area (Å²) in [4.78, 5) is 37.5. The molecule has 0 spiro atoms. The molecule has 2 aliphatic heterocycles. The third-order valence-corrected chi connectivity index (χ3v) is 17.1. The number of nitrogens with zero attached hydrogens (tertiary/aromatic N) is 12. The van der Waals surface area contributed by atoms with Crippen molar-refractivity contribution in [1.29, 1.82) is 0 Å². The van der Waals surface area contributed by atoms with E-state index in [9.17, 15) is 73.1 Å². The molecule has 2 aliphatic rings. The van der Waals surface area contributed by atoms with Crippen molar-refractivity contribution < 1.29 is 111 Å². The Labute approximate surface area is 603 Å². The van der Waals surface area contributed by atoms with Crippen molar-refractivity contribution in [2.75, 3.05) is 29.7 Å². The summed E-state index contributed by atoms with van der Waals surface area (Å²) in [5, 5.41) is 30.8. The summed E-state index contributed by atoms with van der Waals surface area (Å²) in [7, 11) is -28.9. The Morgan fingerprint density at radius 2 is 0.712 bits per heavy atom. The maximum Gasteiger partial charge on any atom is 2.00 e. The van der Waals surface area contributed by atoms with Gasteiger partial charge in [0, 0.05) is 66.7 Å². The van der Waals surface area contributed by atoms with Gasteiger partial charge in [0.25, 0.3) is 60.7 Å². The number of sulfonamides is 1. The minimum absolute atomic E-state index is 0. The molecule has 0 amide bonds. The zero-order valence-corrected chi connectivity index (χ0v) is 62.2. The van der Waals surface area contributed by atoms with Gasteiger partial charge in [-0.25, -0.2) is 18.4 Å². The Balaban J connectivity index is 0.000000202. The van der Waals surface area contributed by atoms with Crippen molar-refractivity contribution in [3.05, 3.63) is 176 Å². The van der Waals surface area contributed by atoms with Gasteiger partial charge in [-0.1, -0.05) is 103 Å². The number of hydrogen-bond donors (Lipinski definition) is 8. The largest absolute Gasteiger partial charge is 2.00 e. The molecule has 8 bridgehead atoms. The topological polar surface area (TPSA) is 548 Å². The molecule has 0 saturated heterocycles. The van der Waals surface area contributed by atoms with Crippen LogP contribution < -0.4 is 14.7 Å². The van der Waals surface area contributed by atoms with Crippen LogP contribution in [0.5, 0.6) is 5.75 Å². The molecule has 0 unspecified atom stereocenters. The van der Waals surface area contributed by atoms with Crippen LogP contribution in [0, 0.1) is 0 Å². The summed E-state index contributed by atoms with van der Waals surface area (Å²) < 4.78 is 203. The van der Waals surface area contributed by atoms with Gasteiger partial charge >= 0.3 is 19.5 Å². The van der Waals surface area contributed by atoms with Crippen molar-refractivity contribution in [3.63, 3.8) is 0 Å². The molecule has 34 nitrogen and oxygen atoms in total. The molecule has 104 heavy (non-hydrogen) atoms. The van der Waals surface area contributed by atoms with Gasteiger partial charge < -0.3 is 35.0 Å². The van der Waals surface area contributed by atoms with E-state index in [1.807, 2.05) is 97.1 Å². The third kappa shape index (κ3) is 19.7. The van der Waals surface area contributed by atoms with Crippen molar-refractivity contribution >= 4 is 165 Å². The average molecular weight is 1600 g/mol. The quantitative estimate of drug-likeness (QED) is 0.0378. The van der Waals surface area contributed by atoms with Gasteiger partial charge in [-0.05, 0) is 99.7 Å². The Morgan fingerprint density at radius 1 is 0.356 bits per heavy atom. The van der Waals surface area contributed by atoms with Gasteiger partial charge in [0.2, 0.25) is 10.0 Å². The van der Waals surface area contributed by atoms with E-state index in [0.717, 1.165) is 80.4 Å². The summed E-state index contributed by atoms with van der Waals surface area (Å²) in [6.07, 6.45) is 3.05. The Kier molecular flexibility index (Phi) is 22.6. The summed E-state index contributed by atoms with van der Waals surface area (Å²) in [6.45, 7) is 0. The maximum atomic E-state index is 12.3. The van der Waals surface area contributed by atoms with Gasteiger partial charge in [-0.15, -0.1) is 15.3 Å². The first-order valence-electron chi connectivity index (χ1n) is 28.6. The number of nitrogens with one attached hydrogen (secondary N) is 1. The molecule has 9 aromatic carbocycles. The van der Waals surface area contributed by atoms with Crippen molar-refractivity contribution in [3.8, 4) is 51.3 Å². The second kappa shape index (κ2) is 30.2. The van der Waals surface area contributed by atoms with Crippen molar-refractivity contribution in [1.82, 2.24) is 39.9 Å². The van der Waals surface area contributed by atoms with Crippen LogP contribution >= 0.6 is 0 Å². The summed E-state index contributed by atoms with van der Waals surface area (Å²) in [6, 6.07) is 47.2. The van der Waals surface area contributed by atoms with Gasteiger partial charge in [-0.2, -0.15) is 55.6 Å². The molecule has 532 valence electrons. The molecule has 0 aliphatic carbocycles. The van der Waals surface area contributed by atoms with E-state index in [1.54, 1.807) is 0 Å². The fourth-order valence-electron chi connectivity index (χ4n) is 9.91. The van der Waals surface area contributed by atoms with Crippen LogP contribution in [0.25, 0.3) is 111 Å². The van der Waals surface area contributed by atoms with E-state index in [4.69, 9.17) is 58.1 Å². The van der Waals surface area contributed by atoms with Crippen molar-refractivity contribution in [2.45, 2.75) is 14.7 Å². The van der Waals surface area contributed by atoms with Crippen LogP contribution in [0.3, 0.4) is 0 Å². The molecule has 0 saturated carbocycles. The zero-order valence-electron chi connectivity index (χ0n) is 53.5. The molecule has 0 fully saturated rings. The molecule has 0 radical (unpaired) electrons. The maximum absolute atomic E-state index is 12.3. The molecule has 12 aromatic rings. The second-order valence-corrected chi connectivity index (χ2v) is 32.3. The number of phenols is 1. The SMILES string of the molecule is CS(=O)(=O)Nc1ccc2c(O)c(N=Nc3ccc(N=Nc4ccc(S(=O)(=O)O)cc4)c4cc(S(=O)(=O)O)ccc34)c(S(=O)(=O)O)cc2c1.CS(=O)(=O)O.CS(=O)(=O)O.CS(=O)(=O)O.[Zn+2].c1ccc2c(c1)-c1nc-2nc2[n-]c(nc3nc(nc4[n-]c(n1)c1ccccc41)-c1ccccc1-3)c1ccccc21. The van der Waals surface area contributed by atoms with E-state index in [2.05, 4.69) is 25.2 Å². The van der Waals surface area contributed by atoms with Gasteiger partial charge in [0.15, 0.2) is 5.75 Å². The number of azo groups is 2. The molecule has 42 heteroatoms. The van der Waals surface area contributed by atoms with Crippen LogP contribution in [-0.2, 0) is 90.2 Å². The van der Waals surface area contributed by atoms with Gasteiger partial charge in [0.1, 0.15) is 10.6 Å². The van der Waals surface area contributed by atoms with Crippen LogP contribution in [0.2, 0.25) is 0 Å². The predicted molar refractivity (Wildman–Crippen MR) is 379 cm³/mol. The van der Waals surface area contributed by atoms with E-state index < -0.39 is 92.0 Å². The van der Waals surface area contributed by atoms with E-state index in [-0.39, 0.29) is 68.7 Å². The Hall–Kier alpha value is -10.3. The predicted octanol–water partition coefficient (Wildman–Crippen LogP) is 10.3. The molecule has 5 heterocycles. The molecule has 8 N–H and O–H groups in total. The molecule has 3 aromatic heterocycles. The summed E-state index contributed by atoms with van der Waals surface area (Å²) in [5.41, 5.74) is 5.32. The summed E-state index contributed by atoms with van der Waals surface area (Å²) in [5.74, 6) is 1.48. The van der Waals surface area contributed by atoms with E-state index in [0.29, 0.717) is 64.7 Å². The monoisotopic (exact) mass is 1600 g/mol. The number of aromatic nitrogens is 8. The number of rotatable bonds is 9. The van der Waals surface area contributed by atoms with E-state index >= 15 is 0 Å². The number of anilines is 1. The molecule has 0 atom stereocenters. The van der Waals surface area contributed by atoms with Crippen LogP contribution in [-0.4, -0.2) is 146 Å². The number of aromatic hydroxyl groups is 1. The first-order chi connectivity index (χ1) is 48.0. The van der Waals surface area contributed by atoms with Crippen LogP contribution in [0.4, 0.5) is 28.4 Å². The minimum Gasteiger partial charge on any atom is -0.505 e. The first-order valence-corrected chi connectivity index (χ1v) is 40.3. The minimum atomic E-state index is -5.04. The fourth-order valence-corrected chi connectivity index (χ4v) is 12.1. The normalized spacial score (nSPS) is 12.4. The smallest absolute Gasteiger partial charge is 0.505 e. The van der Waals surface area contributed by atoms with E-state index in [1.165, 1.54) is 48.5 Å². The average Bonchev–Trinajstić information content (AvgIpc) is 1.37. The zero-order chi connectivity index (χ0) is 74.9. The van der Waals surface area contributed by atoms with Crippen LogP contribution in [0.1, 0.15) is 0 Å². The number of fused-ring (bicyclic) bond motifs is 22. The fraction of sp³-hybridized carbons (Fsp3) is 0.0645. The molecular weight excluding hydrogens is 1550 g/mol. The second-order valence-electron chi connectivity index (χ2n) is 21.9. The molecule has 14 rings (SSSR count). The number of benzene rings is 9. The number of phenolic OH excluding ortho intramolecular Hbond substituents is 1. The Morgan fingerprint density at radius 3 is 1.09 bits per heavy atom. The Bertz CT molecular complexity index is 6160. The van der Waals surface area contributed by atoms with Crippen molar-refractivity contribution in [2.24, 2.45) is 20.5 Å². The van der Waals surface area contributed by atoms with Crippen LogP contribution in [0.15, 0.2) is 211 Å². The molecular formula is C62H49N13O21S7Zn. The van der Waals surface area contributed by atoms with Gasteiger partial charge in [0.05, 0.1) is 75.2 Å². The summed E-state index contributed by atoms with van der Waals surface area (Å²) >= 11 is 0. The third-order valence-electron chi connectivity index (χ3n) is 13.9. The first kappa shape index (κ1) is 77.8. The standard InChI is InChI=1S/C32H16N8.C27H21N5O12S4.3CH4O3S.Zn/c1-2-10-18-17(9-1)25-33-26(18)38-28-21-13-5-6-14-22(21)30(35-28)40-32-24-16-8-7-15-23(24)31(36-32)39-29-20-12-4-3-11-19(20)27(34-29)37-25;1-45(34,35)32-17-4-8-20-15(12-17)13-25(48(42,43)44)26(27(20)33)31-30-23-10-11-24(22-14-19(47(39,40)41)7-9-21(22)23)29-28-16-2-5-18(6-3-16)46(36,37)38;3*1-5(2,3)4;/h1-16H;2-14,32-33H,1H3,(H,36,37,38)(H,39,40,41)(H,42,43,44);3*1H3,(H,2,3,4);/q-2;;;;;+2.